The number of carbonyl (C=O) groups is 1. The topological polar surface area (TPSA) is 144 Å². The summed E-state index contributed by atoms with van der Waals surface area (Å²) in [5, 5.41) is 22.3. The van der Waals surface area contributed by atoms with Crippen molar-refractivity contribution in [2.75, 3.05) is 13.7 Å². The molecule has 16 heteroatoms. The summed E-state index contributed by atoms with van der Waals surface area (Å²) in [5.41, 5.74) is 2.02. The van der Waals surface area contributed by atoms with Gasteiger partial charge in [-0.3, -0.25) is 19.5 Å². The van der Waals surface area contributed by atoms with E-state index in [1.165, 1.54) is 35.6 Å². The van der Waals surface area contributed by atoms with Gasteiger partial charge >= 0.3 is 5.97 Å². The van der Waals surface area contributed by atoms with E-state index in [4.69, 9.17) is 37.7 Å². The molecule has 0 bridgehead atoms. The Kier molecular flexibility index (Phi) is 11.0. The summed E-state index contributed by atoms with van der Waals surface area (Å²) in [5.74, 6) is 0.322. The molecule has 55 heavy (non-hydrogen) atoms. The van der Waals surface area contributed by atoms with Crippen LogP contribution in [-0.2, 0) is 16.1 Å². The minimum absolute atomic E-state index is 0.0772. The van der Waals surface area contributed by atoms with Crippen molar-refractivity contribution in [2.24, 2.45) is 4.99 Å². The van der Waals surface area contributed by atoms with Gasteiger partial charge < -0.3 is 14.0 Å². The highest BCUT2D eigenvalue weighted by molar-refractivity contribution is 7.99. The molecule has 0 fully saturated rings. The van der Waals surface area contributed by atoms with Crippen LogP contribution in [0.2, 0.25) is 10.0 Å². The number of benzene rings is 4. The Morgan fingerprint density at radius 2 is 1.75 bits per heavy atom. The average Bonchev–Trinajstić information content (AvgIpc) is 3.74. The van der Waals surface area contributed by atoms with Gasteiger partial charge in [0.15, 0.2) is 15.8 Å². The Balaban J connectivity index is 1.45. The van der Waals surface area contributed by atoms with Crippen LogP contribution in [0.25, 0.3) is 23.2 Å². The number of fused-ring (bicyclic) bond motifs is 1. The lowest BCUT2D eigenvalue weighted by atomic mass is 9.92. The summed E-state index contributed by atoms with van der Waals surface area (Å²) in [6, 6.07) is 24.7. The zero-order valence-electron chi connectivity index (χ0n) is 29.4. The highest BCUT2D eigenvalue weighted by Crippen LogP contribution is 2.40. The number of nitro groups is 1. The number of hydrogen-bond acceptors (Lipinski definition) is 11. The maximum atomic E-state index is 14.7. The second-order valence-electron chi connectivity index (χ2n) is 12.0. The third kappa shape index (κ3) is 7.45. The fourth-order valence-electron chi connectivity index (χ4n) is 6.24. The van der Waals surface area contributed by atoms with Crippen LogP contribution in [-0.4, -0.2) is 43.9 Å². The number of nitro benzene ring substituents is 1. The van der Waals surface area contributed by atoms with E-state index in [-0.39, 0.29) is 27.2 Å². The lowest BCUT2D eigenvalue weighted by Gasteiger charge is -2.27. The molecule has 1 atom stereocenters. The smallest absolute Gasteiger partial charge is 0.338 e. The quantitative estimate of drug-likeness (QED) is 0.0735. The monoisotopic (exact) mass is 812 g/mol. The number of carbonyl (C=O) groups excluding carboxylic acids is 1. The normalized spacial score (nSPS) is 14.1. The van der Waals surface area contributed by atoms with Crippen molar-refractivity contribution >= 4 is 69.7 Å². The van der Waals surface area contributed by atoms with Crippen molar-refractivity contribution in [3.05, 3.63) is 153 Å². The molecular formula is C39H30Cl2N6O6S2. The van der Waals surface area contributed by atoms with Crippen LogP contribution in [0.1, 0.15) is 36.6 Å². The molecule has 0 aliphatic carbocycles. The molecule has 0 saturated carbocycles. The number of non-ortho nitro benzene ring substituents is 1. The number of ether oxygens (including phenoxy) is 2. The van der Waals surface area contributed by atoms with Gasteiger partial charge in [0.2, 0.25) is 0 Å². The third-order valence-corrected chi connectivity index (χ3v) is 11.2. The van der Waals surface area contributed by atoms with Gasteiger partial charge in [-0.25, -0.2) is 9.79 Å². The molecule has 0 radical (unpaired) electrons. The lowest BCUT2D eigenvalue weighted by molar-refractivity contribution is -0.384. The van der Waals surface area contributed by atoms with E-state index in [1.807, 2.05) is 54.0 Å². The molecule has 0 N–H and O–H groups in total. The van der Waals surface area contributed by atoms with Gasteiger partial charge in [-0.15, -0.1) is 10.2 Å². The van der Waals surface area contributed by atoms with Gasteiger partial charge in [-0.1, -0.05) is 77.0 Å². The fourth-order valence-corrected chi connectivity index (χ4v) is 8.58. The van der Waals surface area contributed by atoms with Crippen LogP contribution >= 0.6 is 46.3 Å². The van der Waals surface area contributed by atoms with E-state index in [1.54, 1.807) is 49.4 Å². The summed E-state index contributed by atoms with van der Waals surface area (Å²) in [4.78, 5) is 45.9. The first-order valence-corrected chi connectivity index (χ1v) is 19.3. The molecule has 0 saturated heterocycles. The van der Waals surface area contributed by atoms with Gasteiger partial charge in [-0.05, 0) is 73.6 Å². The van der Waals surface area contributed by atoms with Crippen molar-refractivity contribution in [1.29, 1.82) is 0 Å². The SMILES string of the molecule is CCOC(=O)C1=C(c2ccccc2)N=c2s/c(=C\c3cc([N+](=O)[O-])ccc3Sc3nnc(-c4cccc(Cl)c4)n3CC)c(=O)n2[C@@H]1c1cc(Cl)ccc1OC. The van der Waals surface area contributed by atoms with Gasteiger partial charge in [0.05, 0.1) is 34.4 Å². The van der Waals surface area contributed by atoms with Crippen LogP contribution in [0.5, 0.6) is 5.75 Å². The summed E-state index contributed by atoms with van der Waals surface area (Å²) >= 11 is 15.1. The first kappa shape index (κ1) is 37.8. The van der Waals surface area contributed by atoms with Crippen LogP contribution < -0.4 is 19.6 Å². The Morgan fingerprint density at radius 3 is 2.45 bits per heavy atom. The standard InChI is InChI=1S/C39H30Cl2N6O6S2/c1-4-45-35(23-12-9-13-25(40)18-23)43-44-39(45)54-30-17-15-27(47(50)51)19-24(30)20-31-36(48)46-34(28-21-26(41)14-16-29(28)52-3)32(37(49)53-5-2)33(42-38(46)55-31)22-10-7-6-8-11-22/h6-21,34H,4-5H2,1-3H3/b31-20-/t34-/m1/s1. The maximum absolute atomic E-state index is 14.7. The molecule has 7 rings (SSSR count). The van der Waals surface area contributed by atoms with Crippen molar-refractivity contribution in [3.8, 4) is 17.1 Å². The van der Waals surface area contributed by atoms with E-state index in [0.717, 1.165) is 16.9 Å². The van der Waals surface area contributed by atoms with Crippen molar-refractivity contribution in [3.63, 3.8) is 0 Å². The zero-order chi connectivity index (χ0) is 38.8. The summed E-state index contributed by atoms with van der Waals surface area (Å²) in [6.07, 6.45) is 1.59. The first-order valence-electron chi connectivity index (χ1n) is 16.9. The Hall–Kier alpha value is -5.54. The molecule has 12 nitrogen and oxygen atoms in total. The second kappa shape index (κ2) is 16.1. The van der Waals surface area contributed by atoms with Gasteiger partial charge in [0, 0.05) is 50.3 Å². The fraction of sp³-hybridized carbons (Fsp3) is 0.154. The molecular weight excluding hydrogens is 784 g/mol. The van der Waals surface area contributed by atoms with Crippen molar-refractivity contribution in [1.82, 2.24) is 19.3 Å². The van der Waals surface area contributed by atoms with E-state index >= 15 is 0 Å². The second-order valence-corrected chi connectivity index (χ2v) is 14.9. The minimum Gasteiger partial charge on any atom is -0.496 e. The first-order chi connectivity index (χ1) is 26.6. The van der Waals surface area contributed by atoms with Crippen molar-refractivity contribution < 1.29 is 19.2 Å². The summed E-state index contributed by atoms with van der Waals surface area (Å²) in [7, 11) is 1.49. The Labute approximate surface area is 332 Å². The number of methoxy groups -OCH3 is 1. The van der Waals surface area contributed by atoms with Gasteiger partial charge in [-0.2, -0.15) is 0 Å². The Bertz CT molecular complexity index is 2690. The van der Waals surface area contributed by atoms with E-state index in [9.17, 15) is 19.7 Å². The largest absolute Gasteiger partial charge is 0.496 e. The van der Waals surface area contributed by atoms with E-state index in [2.05, 4.69) is 10.2 Å². The average molecular weight is 814 g/mol. The number of hydrogen-bond donors (Lipinski definition) is 0. The van der Waals surface area contributed by atoms with Crippen molar-refractivity contribution in [2.45, 2.75) is 36.5 Å². The molecule has 3 heterocycles. The number of aromatic nitrogens is 4. The third-order valence-electron chi connectivity index (χ3n) is 8.67. The molecule has 2 aromatic heterocycles. The molecule has 0 spiro atoms. The maximum Gasteiger partial charge on any atom is 0.338 e. The summed E-state index contributed by atoms with van der Waals surface area (Å²) < 4.78 is 14.8. The highest BCUT2D eigenvalue weighted by atomic mass is 35.5. The van der Waals surface area contributed by atoms with Crippen LogP contribution in [0.15, 0.2) is 116 Å². The zero-order valence-corrected chi connectivity index (χ0v) is 32.6. The molecule has 0 amide bonds. The molecule has 4 aromatic carbocycles. The van der Waals surface area contributed by atoms with Crippen LogP contribution in [0, 0.1) is 10.1 Å². The van der Waals surface area contributed by atoms with Gasteiger partial charge in [0.1, 0.15) is 11.8 Å². The predicted molar refractivity (Wildman–Crippen MR) is 212 cm³/mol. The van der Waals surface area contributed by atoms with Crippen LogP contribution in [0.4, 0.5) is 5.69 Å². The molecule has 278 valence electrons. The van der Waals surface area contributed by atoms with E-state index in [0.29, 0.717) is 60.6 Å². The number of thiazole rings is 1. The van der Waals surface area contributed by atoms with Crippen LogP contribution in [0.3, 0.4) is 0 Å². The molecule has 6 aromatic rings. The predicted octanol–water partition coefficient (Wildman–Crippen LogP) is 7.59. The molecule has 1 aliphatic rings. The highest BCUT2D eigenvalue weighted by Gasteiger charge is 2.37. The molecule has 1 aliphatic heterocycles. The number of rotatable bonds is 11. The summed E-state index contributed by atoms with van der Waals surface area (Å²) in [6.45, 7) is 4.25. The minimum atomic E-state index is -1.06. The molecule has 0 unspecified atom stereocenters. The Morgan fingerprint density at radius 1 is 0.982 bits per heavy atom. The number of esters is 1. The van der Waals surface area contributed by atoms with E-state index < -0.39 is 22.5 Å². The number of nitrogens with zero attached hydrogens (tertiary/aromatic N) is 6. The lowest BCUT2D eigenvalue weighted by Crippen LogP contribution is -2.40. The number of halogens is 2. The van der Waals surface area contributed by atoms with Gasteiger partial charge in [0.25, 0.3) is 11.2 Å².